The zero-order chi connectivity index (χ0) is 14.8. The molecule has 0 unspecified atom stereocenters. The van der Waals surface area contributed by atoms with Gasteiger partial charge in [-0.1, -0.05) is 15.9 Å². The number of hydrogen-bond donors (Lipinski definition) is 1. The highest BCUT2D eigenvalue weighted by Crippen LogP contribution is 2.27. The van der Waals surface area contributed by atoms with Gasteiger partial charge in [-0.25, -0.2) is 8.42 Å². The molecule has 0 aliphatic carbocycles. The Morgan fingerprint density at radius 2 is 1.65 bits per heavy atom. The fourth-order valence-corrected chi connectivity index (χ4v) is 4.08. The van der Waals surface area contributed by atoms with Crippen molar-refractivity contribution in [1.82, 2.24) is 0 Å². The van der Waals surface area contributed by atoms with Crippen molar-refractivity contribution in [3.05, 3.63) is 57.0 Å². The molecule has 2 rings (SSSR count). The molecule has 0 saturated carbocycles. The summed E-state index contributed by atoms with van der Waals surface area (Å²) >= 11 is 6.46. The Kier molecular flexibility index (Phi) is 4.62. The quantitative estimate of drug-likeness (QED) is 0.767. The summed E-state index contributed by atoms with van der Waals surface area (Å²) in [5.74, 6) is 0. The molecule has 0 atom stereocenters. The normalized spacial score (nSPS) is 11.1. The molecule has 7 heteroatoms. The molecule has 1 N–H and O–H groups in total. The largest absolute Gasteiger partial charge is 0.298 e. The van der Waals surface area contributed by atoms with E-state index in [1.807, 2.05) is 0 Å². The van der Waals surface area contributed by atoms with Gasteiger partial charge in [0.15, 0.2) is 0 Å². The number of benzene rings is 2. The summed E-state index contributed by atoms with van der Waals surface area (Å²) in [4.78, 5) is 10.7. The third kappa shape index (κ3) is 3.47. The van der Waals surface area contributed by atoms with E-state index < -0.39 is 10.0 Å². The fourth-order valence-electron chi connectivity index (χ4n) is 1.52. The Hall–Kier alpha value is -1.18. The standard InChI is InChI=1S/C13H9Br2NO3S/c14-10-3-6-12(15)13(7-10)20(18,19)16-11-4-1-9(8-17)2-5-11/h1-8,16H. The number of halogens is 2. The van der Waals surface area contributed by atoms with E-state index in [4.69, 9.17) is 0 Å². The second-order valence-electron chi connectivity index (χ2n) is 3.92. The zero-order valence-electron chi connectivity index (χ0n) is 10.0. The van der Waals surface area contributed by atoms with Crippen LogP contribution in [0.15, 0.2) is 56.3 Å². The van der Waals surface area contributed by atoms with Crippen molar-refractivity contribution in [3.63, 3.8) is 0 Å². The Labute approximate surface area is 133 Å². The topological polar surface area (TPSA) is 63.2 Å². The Bertz CT molecular complexity index is 743. The monoisotopic (exact) mass is 417 g/mol. The van der Waals surface area contributed by atoms with Gasteiger partial charge in [-0.05, 0) is 58.4 Å². The molecule has 4 nitrogen and oxygen atoms in total. The third-order valence-electron chi connectivity index (χ3n) is 2.48. The maximum absolute atomic E-state index is 12.3. The van der Waals surface area contributed by atoms with Crippen molar-refractivity contribution < 1.29 is 13.2 Å². The minimum absolute atomic E-state index is 0.131. The van der Waals surface area contributed by atoms with Crippen LogP contribution in [0.3, 0.4) is 0 Å². The van der Waals surface area contributed by atoms with Crippen LogP contribution in [0.2, 0.25) is 0 Å². The minimum Gasteiger partial charge on any atom is -0.298 e. The first kappa shape index (κ1) is 15.2. The first-order valence-corrected chi connectivity index (χ1v) is 8.52. The van der Waals surface area contributed by atoms with E-state index in [0.717, 1.165) is 0 Å². The van der Waals surface area contributed by atoms with Gasteiger partial charge in [0.1, 0.15) is 11.2 Å². The van der Waals surface area contributed by atoms with Crippen LogP contribution in [0.4, 0.5) is 5.69 Å². The number of aldehydes is 1. The van der Waals surface area contributed by atoms with Gasteiger partial charge >= 0.3 is 0 Å². The zero-order valence-corrected chi connectivity index (χ0v) is 14.0. The van der Waals surface area contributed by atoms with E-state index in [-0.39, 0.29) is 4.90 Å². The summed E-state index contributed by atoms with van der Waals surface area (Å²) in [7, 11) is -3.70. The van der Waals surface area contributed by atoms with Crippen molar-refractivity contribution in [2.45, 2.75) is 4.90 Å². The molecule has 0 heterocycles. The number of rotatable bonds is 4. The smallest absolute Gasteiger partial charge is 0.263 e. The summed E-state index contributed by atoms with van der Waals surface area (Å²) in [6.45, 7) is 0. The van der Waals surface area contributed by atoms with Gasteiger partial charge in [0, 0.05) is 20.2 Å². The molecule has 20 heavy (non-hydrogen) atoms. The average molecular weight is 419 g/mol. The Balaban J connectivity index is 2.35. The molecule has 104 valence electrons. The Morgan fingerprint density at radius 1 is 1.00 bits per heavy atom. The van der Waals surface area contributed by atoms with Crippen molar-refractivity contribution in [2.24, 2.45) is 0 Å². The van der Waals surface area contributed by atoms with Crippen molar-refractivity contribution >= 4 is 53.9 Å². The second-order valence-corrected chi connectivity index (χ2v) is 7.34. The van der Waals surface area contributed by atoms with Crippen molar-refractivity contribution in [3.8, 4) is 0 Å². The summed E-state index contributed by atoms with van der Waals surface area (Å²) in [6, 6.07) is 11.0. The van der Waals surface area contributed by atoms with Crippen LogP contribution < -0.4 is 4.72 Å². The first-order chi connectivity index (χ1) is 9.42. The number of carbonyl (C=O) groups is 1. The average Bonchev–Trinajstić information content (AvgIpc) is 2.42. The van der Waals surface area contributed by atoms with Gasteiger partial charge in [0.2, 0.25) is 0 Å². The van der Waals surface area contributed by atoms with E-state index in [0.29, 0.717) is 26.5 Å². The number of carbonyl (C=O) groups excluding carboxylic acids is 1. The Morgan fingerprint density at radius 3 is 2.25 bits per heavy atom. The predicted molar refractivity (Wildman–Crippen MR) is 84.5 cm³/mol. The van der Waals surface area contributed by atoms with E-state index >= 15 is 0 Å². The van der Waals surface area contributed by atoms with E-state index in [9.17, 15) is 13.2 Å². The SMILES string of the molecule is O=Cc1ccc(NS(=O)(=O)c2cc(Br)ccc2Br)cc1. The predicted octanol–water partition coefficient (Wildman–Crippen LogP) is 3.82. The van der Waals surface area contributed by atoms with E-state index in [1.54, 1.807) is 24.3 Å². The highest BCUT2D eigenvalue weighted by Gasteiger charge is 2.18. The summed E-state index contributed by atoms with van der Waals surface area (Å²) in [5.41, 5.74) is 0.874. The van der Waals surface area contributed by atoms with Crippen molar-refractivity contribution in [1.29, 1.82) is 0 Å². The van der Waals surface area contributed by atoms with Crippen LogP contribution in [0.1, 0.15) is 10.4 Å². The molecule has 0 aliphatic heterocycles. The van der Waals surface area contributed by atoms with Crippen LogP contribution in [0.5, 0.6) is 0 Å². The van der Waals surface area contributed by atoms with E-state index in [1.165, 1.54) is 18.2 Å². The lowest BCUT2D eigenvalue weighted by atomic mass is 10.2. The van der Waals surface area contributed by atoms with Crippen LogP contribution in [-0.2, 0) is 10.0 Å². The first-order valence-electron chi connectivity index (χ1n) is 5.45. The van der Waals surface area contributed by atoms with Crippen LogP contribution in [-0.4, -0.2) is 14.7 Å². The molecule has 0 radical (unpaired) electrons. The number of nitrogens with one attached hydrogen (secondary N) is 1. The molecule has 0 aliphatic rings. The van der Waals surface area contributed by atoms with Crippen LogP contribution in [0, 0.1) is 0 Å². The maximum Gasteiger partial charge on any atom is 0.263 e. The summed E-state index contributed by atoms with van der Waals surface area (Å²) in [5, 5.41) is 0. The summed E-state index contributed by atoms with van der Waals surface area (Å²) in [6.07, 6.45) is 0.698. The lowest BCUT2D eigenvalue weighted by molar-refractivity contribution is 0.112. The molecular weight excluding hydrogens is 410 g/mol. The molecule has 2 aromatic carbocycles. The van der Waals surface area contributed by atoms with E-state index in [2.05, 4.69) is 36.6 Å². The molecule has 0 amide bonds. The fraction of sp³-hybridized carbons (Fsp3) is 0. The molecule has 2 aromatic rings. The lowest BCUT2D eigenvalue weighted by Gasteiger charge is -2.10. The molecule has 0 spiro atoms. The van der Waals surface area contributed by atoms with Gasteiger partial charge in [-0.3, -0.25) is 9.52 Å². The van der Waals surface area contributed by atoms with Gasteiger partial charge in [-0.15, -0.1) is 0 Å². The molecule has 0 saturated heterocycles. The highest BCUT2D eigenvalue weighted by atomic mass is 79.9. The number of sulfonamides is 1. The lowest BCUT2D eigenvalue weighted by Crippen LogP contribution is -2.13. The third-order valence-corrected chi connectivity index (χ3v) is 5.35. The number of hydrogen-bond acceptors (Lipinski definition) is 3. The van der Waals surface area contributed by atoms with Crippen LogP contribution in [0.25, 0.3) is 0 Å². The minimum atomic E-state index is -3.70. The molecule has 0 fully saturated rings. The number of anilines is 1. The van der Waals surface area contributed by atoms with Gasteiger partial charge in [0.25, 0.3) is 10.0 Å². The molecule has 0 aromatic heterocycles. The summed E-state index contributed by atoms with van der Waals surface area (Å²) < 4.78 is 28.2. The van der Waals surface area contributed by atoms with Gasteiger partial charge < -0.3 is 0 Å². The molecular formula is C13H9Br2NO3S. The second kappa shape index (κ2) is 6.07. The molecule has 0 bridgehead atoms. The van der Waals surface area contributed by atoms with Gasteiger partial charge in [-0.2, -0.15) is 0 Å². The highest BCUT2D eigenvalue weighted by molar-refractivity contribution is 9.11. The van der Waals surface area contributed by atoms with Crippen LogP contribution >= 0.6 is 31.9 Å². The van der Waals surface area contributed by atoms with Crippen molar-refractivity contribution in [2.75, 3.05) is 4.72 Å². The maximum atomic E-state index is 12.3. The van der Waals surface area contributed by atoms with Gasteiger partial charge in [0.05, 0.1) is 0 Å².